The lowest BCUT2D eigenvalue weighted by Gasteiger charge is -2.35. The number of piperazine rings is 1. The van der Waals surface area contributed by atoms with Gasteiger partial charge in [0, 0.05) is 74.4 Å². The number of carboxylic acid groups (broad SMARTS) is 1. The van der Waals surface area contributed by atoms with Crippen LogP contribution in [0.2, 0.25) is 10.0 Å². The Hall–Kier alpha value is -3.44. The van der Waals surface area contributed by atoms with Crippen LogP contribution >= 0.6 is 23.2 Å². The molecular weight excluding hydrogens is 603 g/mol. The summed E-state index contributed by atoms with van der Waals surface area (Å²) in [5.41, 5.74) is 2.58. The van der Waals surface area contributed by atoms with E-state index < -0.39 is 5.97 Å². The number of likely N-dealkylation sites (tertiary alicyclic amines) is 1. The second-order valence-electron chi connectivity index (χ2n) is 11.4. The Morgan fingerprint density at radius 1 is 0.977 bits per heavy atom. The number of aromatic nitrogens is 2. The molecule has 1 amide bonds. The van der Waals surface area contributed by atoms with Gasteiger partial charge in [0.25, 0.3) is 0 Å². The third kappa shape index (κ3) is 9.28. The number of ether oxygens (including phenoxy) is 1. The van der Waals surface area contributed by atoms with Crippen LogP contribution in [0.4, 0.5) is 5.82 Å². The predicted molar refractivity (Wildman–Crippen MR) is 172 cm³/mol. The van der Waals surface area contributed by atoms with E-state index in [1.807, 2.05) is 30.3 Å². The van der Waals surface area contributed by atoms with Crippen molar-refractivity contribution in [1.82, 2.24) is 25.1 Å². The predicted octanol–water partition coefficient (Wildman–Crippen LogP) is 5.19. The third-order valence-corrected chi connectivity index (χ3v) is 8.49. The zero-order valence-electron chi connectivity index (χ0n) is 24.8. The number of anilines is 1. The van der Waals surface area contributed by atoms with E-state index in [0.29, 0.717) is 39.8 Å². The molecule has 0 unspecified atom stereocenters. The fraction of sp³-hybridized carbons (Fsp3) is 0.438. The number of rotatable bonds is 11. The first kappa shape index (κ1) is 32.0. The van der Waals surface area contributed by atoms with E-state index in [9.17, 15) is 9.59 Å². The molecule has 2 fully saturated rings. The van der Waals surface area contributed by atoms with Crippen molar-refractivity contribution in [3.8, 4) is 22.9 Å². The minimum Gasteiger partial charge on any atom is -0.481 e. The van der Waals surface area contributed by atoms with E-state index in [0.717, 1.165) is 82.1 Å². The fourth-order valence-corrected chi connectivity index (χ4v) is 6.17. The largest absolute Gasteiger partial charge is 0.481 e. The standard InChI is InChI=1S/C32H38Cl2N6O4/c1-22(41)35-19-23-4-7-39(8-5-23)21-24-14-29(25-16-26(33)18-27(34)17-25)37-31(15-24)44-28-2-3-30(36-20-28)40-12-10-38(11-13-40)9-6-32(42)43/h2-3,14-18,20,23H,4-13,19,21H2,1H3,(H,35,41)(H,42,43). The first-order valence-corrected chi connectivity index (χ1v) is 15.7. The highest BCUT2D eigenvalue weighted by Crippen LogP contribution is 2.31. The van der Waals surface area contributed by atoms with E-state index in [2.05, 4.69) is 31.1 Å². The van der Waals surface area contributed by atoms with Crippen LogP contribution in [-0.2, 0) is 16.1 Å². The number of benzene rings is 1. The zero-order chi connectivity index (χ0) is 31.1. The summed E-state index contributed by atoms with van der Waals surface area (Å²) in [5.74, 6) is 1.62. The highest BCUT2D eigenvalue weighted by Gasteiger charge is 2.21. The van der Waals surface area contributed by atoms with E-state index in [1.165, 1.54) is 0 Å². The maximum atomic E-state index is 11.3. The Bertz CT molecular complexity index is 1420. The van der Waals surface area contributed by atoms with Gasteiger partial charge in [0.05, 0.1) is 18.3 Å². The molecule has 5 rings (SSSR count). The van der Waals surface area contributed by atoms with Gasteiger partial charge in [0.2, 0.25) is 11.8 Å². The van der Waals surface area contributed by atoms with Gasteiger partial charge in [-0.15, -0.1) is 0 Å². The van der Waals surface area contributed by atoms with Crippen molar-refractivity contribution in [3.63, 3.8) is 0 Å². The average molecular weight is 642 g/mol. The number of nitrogens with one attached hydrogen (secondary N) is 1. The molecule has 0 bridgehead atoms. The second kappa shape index (κ2) is 15.0. The molecule has 2 aromatic heterocycles. The van der Waals surface area contributed by atoms with Gasteiger partial charge in [-0.05, 0) is 73.8 Å². The van der Waals surface area contributed by atoms with Crippen LogP contribution in [0.3, 0.4) is 0 Å². The summed E-state index contributed by atoms with van der Waals surface area (Å²) in [7, 11) is 0. The molecule has 4 heterocycles. The van der Waals surface area contributed by atoms with Gasteiger partial charge >= 0.3 is 5.97 Å². The first-order chi connectivity index (χ1) is 21.2. The van der Waals surface area contributed by atoms with E-state index >= 15 is 0 Å². The molecular formula is C32H38Cl2N6O4. The molecule has 0 spiro atoms. The maximum Gasteiger partial charge on any atom is 0.304 e. The number of aliphatic carboxylic acids is 1. The molecule has 2 aliphatic rings. The molecule has 1 aromatic carbocycles. The molecule has 0 radical (unpaired) electrons. The average Bonchev–Trinajstić information content (AvgIpc) is 3.00. The van der Waals surface area contributed by atoms with Gasteiger partial charge in [0.15, 0.2) is 0 Å². The number of carbonyl (C=O) groups is 2. The lowest BCUT2D eigenvalue weighted by molar-refractivity contribution is -0.137. The fourth-order valence-electron chi connectivity index (χ4n) is 5.64. The molecule has 0 saturated carbocycles. The van der Waals surface area contributed by atoms with Gasteiger partial charge in [-0.1, -0.05) is 23.2 Å². The molecule has 3 aromatic rings. The number of nitrogens with zero attached hydrogens (tertiary/aromatic N) is 5. The van der Waals surface area contributed by atoms with Gasteiger partial charge in [-0.3, -0.25) is 19.4 Å². The zero-order valence-corrected chi connectivity index (χ0v) is 26.4. The summed E-state index contributed by atoms with van der Waals surface area (Å²) in [6, 6.07) is 13.2. The van der Waals surface area contributed by atoms with Crippen molar-refractivity contribution in [3.05, 3.63) is 64.3 Å². The third-order valence-electron chi connectivity index (χ3n) is 8.05. The molecule has 12 heteroatoms. The molecule has 44 heavy (non-hydrogen) atoms. The van der Waals surface area contributed by atoms with E-state index in [4.69, 9.17) is 38.0 Å². The summed E-state index contributed by atoms with van der Waals surface area (Å²) in [6.45, 7) is 8.65. The van der Waals surface area contributed by atoms with Crippen LogP contribution in [0.15, 0.2) is 48.7 Å². The molecule has 234 valence electrons. The summed E-state index contributed by atoms with van der Waals surface area (Å²) in [6.07, 6.45) is 3.92. The maximum absolute atomic E-state index is 11.3. The van der Waals surface area contributed by atoms with Crippen molar-refractivity contribution in [2.24, 2.45) is 5.92 Å². The van der Waals surface area contributed by atoms with Gasteiger partial charge in [-0.25, -0.2) is 9.97 Å². The summed E-state index contributed by atoms with van der Waals surface area (Å²) < 4.78 is 6.24. The number of carbonyl (C=O) groups excluding carboxylic acids is 1. The monoisotopic (exact) mass is 640 g/mol. The number of amides is 1. The minimum atomic E-state index is -0.770. The van der Waals surface area contributed by atoms with Crippen molar-refractivity contribution in [1.29, 1.82) is 0 Å². The highest BCUT2D eigenvalue weighted by atomic mass is 35.5. The van der Waals surface area contributed by atoms with E-state index in [1.54, 1.807) is 19.2 Å². The SMILES string of the molecule is CC(=O)NCC1CCN(Cc2cc(Oc3ccc(N4CCN(CCC(=O)O)CC4)nc3)nc(-c3cc(Cl)cc(Cl)c3)c2)CC1. The molecule has 10 nitrogen and oxygen atoms in total. The van der Waals surface area contributed by atoms with Crippen LogP contribution in [-0.4, -0.2) is 89.1 Å². The molecule has 0 atom stereocenters. The second-order valence-corrected chi connectivity index (χ2v) is 12.3. The van der Waals surface area contributed by atoms with Crippen molar-refractivity contribution in [2.75, 3.05) is 57.3 Å². The van der Waals surface area contributed by atoms with Gasteiger partial charge in [0.1, 0.15) is 11.6 Å². The normalized spacial score (nSPS) is 16.6. The Kier molecular flexibility index (Phi) is 10.9. The van der Waals surface area contributed by atoms with Gasteiger partial charge < -0.3 is 20.1 Å². The highest BCUT2D eigenvalue weighted by molar-refractivity contribution is 6.35. The Morgan fingerprint density at radius 2 is 1.70 bits per heavy atom. The lowest BCUT2D eigenvalue weighted by Crippen LogP contribution is -2.47. The molecule has 2 saturated heterocycles. The quantitative estimate of drug-likeness (QED) is 0.292. The Labute approximate surface area is 267 Å². The first-order valence-electron chi connectivity index (χ1n) is 15.0. The lowest BCUT2D eigenvalue weighted by atomic mass is 9.96. The smallest absolute Gasteiger partial charge is 0.304 e. The summed E-state index contributed by atoms with van der Waals surface area (Å²) in [4.78, 5) is 38.4. The topological polar surface area (TPSA) is 111 Å². The number of piperidine rings is 1. The van der Waals surface area contributed by atoms with Crippen LogP contribution in [0.25, 0.3) is 11.3 Å². The van der Waals surface area contributed by atoms with E-state index in [-0.39, 0.29) is 12.3 Å². The molecule has 2 N–H and O–H groups in total. The van der Waals surface area contributed by atoms with Gasteiger partial charge in [-0.2, -0.15) is 0 Å². The minimum absolute atomic E-state index is 0.0167. The van der Waals surface area contributed by atoms with Crippen molar-refractivity contribution >= 4 is 40.9 Å². The Balaban J connectivity index is 1.27. The van der Waals surface area contributed by atoms with Crippen molar-refractivity contribution in [2.45, 2.75) is 32.7 Å². The molecule has 2 aliphatic heterocycles. The van der Waals surface area contributed by atoms with Crippen LogP contribution in [0.1, 0.15) is 31.7 Å². The Morgan fingerprint density at radius 3 is 2.34 bits per heavy atom. The number of halogens is 2. The number of hydrogen-bond acceptors (Lipinski definition) is 8. The van der Waals surface area contributed by atoms with Crippen LogP contribution in [0, 0.1) is 5.92 Å². The molecule has 0 aliphatic carbocycles. The number of hydrogen-bond donors (Lipinski definition) is 2. The summed E-state index contributed by atoms with van der Waals surface area (Å²) in [5, 5.41) is 13.0. The number of carboxylic acids is 1. The van der Waals surface area contributed by atoms with Crippen LogP contribution in [0.5, 0.6) is 11.6 Å². The summed E-state index contributed by atoms with van der Waals surface area (Å²) >= 11 is 12.6. The van der Waals surface area contributed by atoms with Crippen LogP contribution < -0.4 is 15.0 Å². The van der Waals surface area contributed by atoms with Crippen molar-refractivity contribution < 1.29 is 19.4 Å². The number of pyridine rings is 2.